The molecule has 0 aromatic heterocycles. The van der Waals surface area contributed by atoms with Crippen LogP contribution < -0.4 is 10.0 Å². The maximum Gasteiger partial charge on any atom is 0.328 e. The molecule has 0 atom stereocenters. The molecule has 1 aromatic rings. The first kappa shape index (κ1) is 18.4. The molecule has 0 saturated heterocycles. The molecular weight excluding hydrogens is 376 g/mol. The third-order valence-corrected chi connectivity index (χ3v) is 4.58. The van der Waals surface area contributed by atoms with Gasteiger partial charge < -0.3 is 10.4 Å². The zero-order valence-corrected chi connectivity index (χ0v) is 14.1. The normalized spacial score (nSPS) is 11.0. The van der Waals surface area contributed by atoms with Crippen molar-refractivity contribution in [2.24, 2.45) is 0 Å². The van der Waals surface area contributed by atoms with Crippen molar-refractivity contribution in [3.8, 4) is 0 Å². The van der Waals surface area contributed by atoms with Crippen molar-refractivity contribution in [2.45, 2.75) is 30.6 Å². The summed E-state index contributed by atoms with van der Waals surface area (Å²) < 4.78 is 26.5. The minimum atomic E-state index is -3.90. The van der Waals surface area contributed by atoms with E-state index in [1.165, 1.54) is 12.1 Å². The maximum absolute atomic E-state index is 11.9. The number of urea groups is 1. The van der Waals surface area contributed by atoms with Gasteiger partial charge in [-0.25, -0.2) is 17.9 Å². The number of sulfonamides is 1. The predicted octanol–water partition coefficient (Wildman–Crippen LogP) is 2.08. The topological polar surface area (TPSA) is 113 Å². The van der Waals surface area contributed by atoms with Gasteiger partial charge in [-0.1, -0.05) is 22.4 Å². The Labute approximate surface area is 137 Å². The molecule has 0 bridgehead atoms. The van der Waals surface area contributed by atoms with Gasteiger partial charge in [0.1, 0.15) is 0 Å². The third kappa shape index (κ3) is 6.90. The lowest BCUT2D eigenvalue weighted by Gasteiger charge is -2.08. The molecule has 0 unspecified atom stereocenters. The average Bonchev–Trinajstić information content (AvgIpc) is 2.42. The monoisotopic (exact) mass is 392 g/mol. The van der Waals surface area contributed by atoms with Crippen molar-refractivity contribution in [1.82, 2.24) is 10.0 Å². The number of carboxylic acids is 1. The Morgan fingerprint density at radius 1 is 1.09 bits per heavy atom. The number of carbonyl (C=O) groups is 2. The van der Waals surface area contributed by atoms with Gasteiger partial charge in [0.15, 0.2) is 0 Å². The number of amides is 2. The molecule has 122 valence electrons. The average molecular weight is 393 g/mol. The minimum Gasteiger partial charge on any atom is -0.481 e. The smallest absolute Gasteiger partial charge is 0.328 e. The van der Waals surface area contributed by atoms with Gasteiger partial charge in [0.2, 0.25) is 0 Å². The van der Waals surface area contributed by atoms with Crippen LogP contribution in [-0.2, 0) is 14.8 Å². The SMILES string of the molecule is O=C(O)CCCCCNC(=O)NS(=O)(=O)c1ccc(Br)cc1. The van der Waals surface area contributed by atoms with Crippen molar-refractivity contribution in [2.75, 3.05) is 6.54 Å². The Balaban J connectivity index is 2.35. The standard InChI is InChI=1S/C13H17BrN2O5S/c14-10-5-7-11(8-6-10)22(20,21)16-13(19)15-9-3-1-2-4-12(17)18/h5-8H,1-4,9H2,(H,17,18)(H2,15,16,19). The Bertz CT molecular complexity index is 616. The molecular formula is C13H17BrN2O5S. The summed E-state index contributed by atoms with van der Waals surface area (Å²) in [6.07, 6.45) is 1.84. The van der Waals surface area contributed by atoms with Crippen LogP contribution in [0.5, 0.6) is 0 Å². The van der Waals surface area contributed by atoms with Crippen LogP contribution >= 0.6 is 15.9 Å². The van der Waals surface area contributed by atoms with E-state index in [1.54, 1.807) is 12.1 Å². The van der Waals surface area contributed by atoms with Crippen LogP contribution in [0.25, 0.3) is 0 Å². The number of hydrogen-bond acceptors (Lipinski definition) is 4. The summed E-state index contributed by atoms with van der Waals surface area (Å²) in [4.78, 5) is 21.8. The van der Waals surface area contributed by atoms with E-state index in [9.17, 15) is 18.0 Å². The number of nitrogens with one attached hydrogen (secondary N) is 2. The van der Waals surface area contributed by atoms with Gasteiger partial charge in [-0.15, -0.1) is 0 Å². The zero-order chi connectivity index (χ0) is 16.6. The van der Waals surface area contributed by atoms with Crippen molar-refractivity contribution in [3.63, 3.8) is 0 Å². The molecule has 3 N–H and O–H groups in total. The van der Waals surface area contributed by atoms with E-state index in [-0.39, 0.29) is 17.9 Å². The number of benzene rings is 1. The second-order valence-corrected chi connectivity index (χ2v) is 7.12. The van der Waals surface area contributed by atoms with E-state index in [4.69, 9.17) is 5.11 Å². The van der Waals surface area contributed by atoms with Crippen molar-refractivity contribution >= 4 is 38.0 Å². The number of unbranched alkanes of at least 4 members (excludes halogenated alkanes) is 2. The second-order valence-electron chi connectivity index (χ2n) is 4.52. The number of rotatable bonds is 8. The van der Waals surface area contributed by atoms with Crippen LogP contribution in [0.2, 0.25) is 0 Å². The van der Waals surface area contributed by atoms with Gasteiger partial charge in [-0.3, -0.25) is 4.79 Å². The molecule has 0 aliphatic carbocycles. The molecule has 9 heteroatoms. The minimum absolute atomic E-state index is 0.00712. The Hall–Kier alpha value is -1.61. The van der Waals surface area contributed by atoms with Gasteiger partial charge in [0.05, 0.1) is 4.90 Å². The van der Waals surface area contributed by atoms with E-state index in [0.717, 1.165) is 4.47 Å². The maximum atomic E-state index is 11.9. The predicted molar refractivity (Wildman–Crippen MR) is 84.0 cm³/mol. The summed E-state index contributed by atoms with van der Waals surface area (Å²) in [7, 11) is -3.90. The zero-order valence-electron chi connectivity index (χ0n) is 11.7. The van der Waals surface area contributed by atoms with Gasteiger partial charge in [-0.2, -0.15) is 0 Å². The molecule has 2 amide bonds. The highest BCUT2D eigenvalue weighted by Gasteiger charge is 2.16. The lowest BCUT2D eigenvalue weighted by Crippen LogP contribution is -2.39. The van der Waals surface area contributed by atoms with Crippen LogP contribution in [0.1, 0.15) is 25.7 Å². The molecule has 0 saturated carbocycles. The molecule has 0 radical (unpaired) electrons. The van der Waals surface area contributed by atoms with Crippen LogP contribution in [-0.4, -0.2) is 32.1 Å². The van der Waals surface area contributed by atoms with Gasteiger partial charge in [0, 0.05) is 17.4 Å². The van der Waals surface area contributed by atoms with Crippen LogP contribution in [0.3, 0.4) is 0 Å². The van der Waals surface area contributed by atoms with Gasteiger partial charge in [-0.05, 0) is 37.1 Å². The highest BCUT2D eigenvalue weighted by molar-refractivity contribution is 9.10. The third-order valence-electron chi connectivity index (χ3n) is 2.70. The number of hydrogen-bond donors (Lipinski definition) is 3. The number of aliphatic carboxylic acids is 1. The number of halogens is 1. The summed E-state index contributed by atoms with van der Waals surface area (Å²) in [6, 6.07) is 5.09. The molecule has 0 aliphatic heterocycles. The first-order chi connectivity index (χ1) is 10.3. The van der Waals surface area contributed by atoms with Crippen molar-refractivity contribution in [1.29, 1.82) is 0 Å². The molecule has 1 rings (SSSR count). The quantitative estimate of drug-likeness (QED) is 0.586. The second kappa shape index (κ2) is 8.74. The van der Waals surface area contributed by atoms with Crippen LogP contribution in [0.15, 0.2) is 33.6 Å². The lowest BCUT2D eigenvalue weighted by atomic mass is 10.2. The summed E-state index contributed by atoms with van der Waals surface area (Å²) >= 11 is 3.20. The molecule has 22 heavy (non-hydrogen) atoms. The highest BCUT2D eigenvalue weighted by atomic mass is 79.9. The molecule has 0 fully saturated rings. The molecule has 1 aromatic carbocycles. The molecule has 0 aliphatic rings. The largest absolute Gasteiger partial charge is 0.481 e. The summed E-state index contributed by atoms with van der Waals surface area (Å²) in [5.74, 6) is -0.855. The fourth-order valence-electron chi connectivity index (χ4n) is 1.61. The fraction of sp³-hybridized carbons (Fsp3) is 0.385. The van der Waals surface area contributed by atoms with Crippen molar-refractivity contribution < 1.29 is 23.1 Å². The van der Waals surface area contributed by atoms with Crippen molar-refractivity contribution in [3.05, 3.63) is 28.7 Å². The van der Waals surface area contributed by atoms with E-state index >= 15 is 0 Å². The summed E-state index contributed by atoms with van der Waals surface area (Å²) in [6.45, 7) is 0.279. The molecule has 0 heterocycles. The lowest BCUT2D eigenvalue weighted by molar-refractivity contribution is -0.137. The number of carboxylic acid groups (broad SMARTS) is 1. The van der Waals surface area contributed by atoms with E-state index in [1.807, 2.05) is 4.72 Å². The van der Waals surface area contributed by atoms with E-state index in [0.29, 0.717) is 19.3 Å². The van der Waals surface area contributed by atoms with Crippen LogP contribution in [0.4, 0.5) is 4.79 Å². The van der Waals surface area contributed by atoms with Crippen LogP contribution in [0, 0.1) is 0 Å². The van der Waals surface area contributed by atoms with E-state index < -0.39 is 22.0 Å². The summed E-state index contributed by atoms with van der Waals surface area (Å²) in [5, 5.41) is 10.9. The number of carbonyl (C=O) groups excluding carboxylic acids is 1. The molecule has 0 spiro atoms. The van der Waals surface area contributed by atoms with Gasteiger partial charge >= 0.3 is 12.0 Å². The Morgan fingerprint density at radius 2 is 1.73 bits per heavy atom. The first-order valence-corrected chi connectivity index (χ1v) is 8.87. The highest BCUT2D eigenvalue weighted by Crippen LogP contribution is 2.14. The molecule has 7 nitrogen and oxygen atoms in total. The fourth-order valence-corrected chi connectivity index (χ4v) is 2.80. The summed E-state index contributed by atoms with van der Waals surface area (Å²) in [5.41, 5.74) is 0. The Morgan fingerprint density at radius 3 is 2.32 bits per heavy atom. The van der Waals surface area contributed by atoms with Gasteiger partial charge in [0.25, 0.3) is 10.0 Å². The first-order valence-electron chi connectivity index (χ1n) is 6.59. The Kier molecular flexibility index (Phi) is 7.33. The van der Waals surface area contributed by atoms with E-state index in [2.05, 4.69) is 21.2 Å².